The highest BCUT2D eigenvalue weighted by Crippen LogP contribution is 2.37. The standard InChI is InChI=1S/C25H28F3N7O2/c1-34-8-5-15(6-9-34)24(36)35-10-7-17(13-35)32-22-21-20(30-14-31-22)4-3-19(33-21)16-11-18(25(26,27)28)23(37-2)29-12-16/h3-4,11-12,14-15,17H,5-10,13H2,1-2H3,(H,30,31,32)/t17-/m0/s1. The summed E-state index contributed by atoms with van der Waals surface area (Å²) in [6, 6.07) is 4.24. The van der Waals surface area contributed by atoms with Crippen LogP contribution in [-0.2, 0) is 11.0 Å². The quantitative estimate of drug-likeness (QED) is 0.552. The number of nitrogens with zero attached hydrogens (tertiary/aromatic N) is 6. The van der Waals surface area contributed by atoms with Gasteiger partial charge in [-0.1, -0.05) is 0 Å². The van der Waals surface area contributed by atoms with Crippen LogP contribution in [0.2, 0.25) is 0 Å². The van der Waals surface area contributed by atoms with E-state index in [9.17, 15) is 18.0 Å². The van der Waals surface area contributed by atoms with Crippen molar-refractivity contribution < 1.29 is 22.7 Å². The van der Waals surface area contributed by atoms with E-state index in [1.165, 1.54) is 12.5 Å². The summed E-state index contributed by atoms with van der Waals surface area (Å²) in [4.78, 5) is 34.2. The second kappa shape index (κ2) is 10.1. The number of likely N-dealkylation sites (tertiary alicyclic amines) is 2. The fourth-order valence-corrected chi connectivity index (χ4v) is 4.95. The number of hydrogen-bond donors (Lipinski definition) is 1. The number of methoxy groups -OCH3 is 1. The van der Waals surface area contributed by atoms with Gasteiger partial charge in [-0.2, -0.15) is 13.2 Å². The van der Waals surface area contributed by atoms with Crippen LogP contribution in [0.3, 0.4) is 0 Å². The lowest BCUT2D eigenvalue weighted by molar-refractivity contribution is -0.139. The molecule has 0 unspecified atom stereocenters. The summed E-state index contributed by atoms with van der Waals surface area (Å²) in [5, 5.41) is 3.38. The van der Waals surface area contributed by atoms with E-state index in [0.717, 1.165) is 45.5 Å². The Labute approximate surface area is 212 Å². The Balaban J connectivity index is 1.36. The van der Waals surface area contributed by atoms with E-state index in [4.69, 9.17) is 4.74 Å². The number of hydrogen-bond acceptors (Lipinski definition) is 8. The number of fused-ring (bicyclic) bond motifs is 1. The topological polar surface area (TPSA) is 96.4 Å². The average Bonchev–Trinajstić information content (AvgIpc) is 3.36. The maximum absolute atomic E-state index is 13.5. The Kier molecular flexibility index (Phi) is 6.84. The molecule has 9 nitrogen and oxygen atoms in total. The second-order valence-corrected chi connectivity index (χ2v) is 9.56. The third kappa shape index (κ3) is 5.29. The number of piperidine rings is 1. The normalized spacial score (nSPS) is 19.4. The molecule has 0 spiro atoms. The molecule has 2 saturated heterocycles. The highest BCUT2D eigenvalue weighted by Gasteiger charge is 2.36. The van der Waals surface area contributed by atoms with Crippen molar-refractivity contribution in [3.8, 4) is 17.1 Å². The van der Waals surface area contributed by atoms with Gasteiger partial charge in [0, 0.05) is 36.8 Å². The van der Waals surface area contributed by atoms with E-state index in [0.29, 0.717) is 35.6 Å². The van der Waals surface area contributed by atoms with Gasteiger partial charge in [0.1, 0.15) is 17.4 Å². The number of rotatable bonds is 5. The fraction of sp³-hybridized carbons (Fsp3) is 0.480. The molecular formula is C25H28F3N7O2. The van der Waals surface area contributed by atoms with Gasteiger partial charge in [-0.05, 0) is 57.6 Å². The van der Waals surface area contributed by atoms with Gasteiger partial charge in [0.05, 0.1) is 18.3 Å². The van der Waals surface area contributed by atoms with Gasteiger partial charge in [-0.25, -0.2) is 19.9 Å². The average molecular weight is 516 g/mol. The van der Waals surface area contributed by atoms with Gasteiger partial charge >= 0.3 is 6.18 Å². The minimum absolute atomic E-state index is 0.0155. The van der Waals surface area contributed by atoms with Gasteiger partial charge in [-0.3, -0.25) is 4.79 Å². The lowest BCUT2D eigenvalue weighted by Gasteiger charge is -2.30. The summed E-state index contributed by atoms with van der Waals surface area (Å²) in [5.41, 5.74) is 0.509. The lowest BCUT2D eigenvalue weighted by atomic mass is 9.96. The summed E-state index contributed by atoms with van der Waals surface area (Å²) in [6.07, 6.45) is 0.607. The van der Waals surface area contributed by atoms with Gasteiger partial charge < -0.3 is 19.9 Å². The van der Waals surface area contributed by atoms with Crippen molar-refractivity contribution in [3.63, 3.8) is 0 Å². The first-order valence-electron chi connectivity index (χ1n) is 12.2. The molecule has 5 heterocycles. The van der Waals surface area contributed by atoms with Crippen LogP contribution >= 0.6 is 0 Å². The zero-order valence-electron chi connectivity index (χ0n) is 20.6. The molecule has 0 radical (unpaired) electrons. The highest BCUT2D eigenvalue weighted by atomic mass is 19.4. The van der Waals surface area contributed by atoms with E-state index < -0.39 is 17.6 Å². The summed E-state index contributed by atoms with van der Waals surface area (Å²) >= 11 is 0. The predicted octanol–water partition coefficient (Wildman–Crippen LogP) is 3.47. The van der Waals surface area contributed by atoms with Crippen molar-refractivity contribution in [2.45, 2.75) is 31.5 Å². The van der Waals surface area contributed by atoms with Crippen molar-refractivity contribution in [3.05, 3.63) is 36.3 Å². The molecule has 2 aliphatic heterocycles. The number of carbonyl (C=O) groups excluding carboxylic acids is 1. The van der Waals surface area contributed by atoms with E-state index in [1.807, 2.05) is 4.90 Å². The monoisotopic (exact) mass is 515 g/mol. The van der Waals surface area contributed by atoms with Crippen LogP contribution in [0.5, 0.6) is 5.88 Å². The van der Waals surface area contributed by atoms with Gasteiger partial charge in [0.2, 0.25) is 11.8 Å². The number of halogens is 3. The van der Waals surface area contributed by atoms with Crippen LogP contribution in [0, 0.1) is 5.92 Å². The molecule has 196 valence electrons. The third-order valence-electron chi connectivity index (χ3n) is 7.04. The van der Waals surface area contributed by atoms with Crippen LogP contribution in [0.25, 0.3) is 22.3 Å². The van der Waals surface area contributed by atoms with Crippen molar-refractivity contribution in [1.29, 1.82) is 0 Å². The minimum Gasteiger partial charge on any atom is -0.481 e. The molecule has 1 amide bonds. The summed E-state index contributed by atoms with van der Waals surface area (Å²) < 4.78 is 45.3. The molecule has 2 fully saturated rings. The zero-order chi connectivity index (χ0) is 26.2. The van der Waals surface area contributed by atoms with Crippen LogP contribution in [0.1, 0.15) is 24.8 Å². The molecule has 0 saturated carbocycles. The first-order valence-corrected chi connectivity index (χ1v) is 12.2. The number of ether oxygens (including phenoxy) is 1. The van der Waals surface area contributed by atoms with Crippen molar-refractivity contribution in [1.82, 2.24) is 29.7 Å². The summed E-state index contributed by atoms with van der Waals surface area (Å²) in [7, 11) is 3.22. The molecule has 3 aromatic heterocycles. The van der Waals surface area contributed by atoms with E-state index >= 15 is 0 Å². The van der Waals surface area contributed by atoms with Gasteiger partial charge in [0.25, 0.3) is 0 Å². The first-order chi connectivity index (χ1) is 17.7. The number of nitrogens with one attached hydrogen (secondary N) is 1. The SMILES string of the molecule is COc1ncc(-c2ccc3ncnc(N[C@H]4CCN(C(=O)C5CCN(C)CC5)C4)c3n2)cc1C(F)(F)F. The molecule has 5 rings (SSSR count). The largest absolute Gasteiger partial charge is 0.481 e. The Morgan fingerprint density at radius 3 is 2.62 bits per heavy atom. The van der Waals surface area contributed by atoms with Crippen molar-refractivity contribution >= 4 is 22.8 Å². The van der Waals surface area contributed by atoms with Crippen LogP contribution in [0.15, 0.2) is 30.7 Å². The number of alkyl halides is 3. The number of anilines is 1. The van der Waals surface area contributed by atoms with E-state index in [-0.39, 0.29) is 23.4 Å². The first kappa shape index (κ1) is 25.1. The summed E-state index contributed by atoms with van der Waals surface area (Å²) in [5.74, 6) is 0.253. The lowest BCUT2D eigenvalue weighted by Crippen LogP contribution is -2.41. The van der Waals surface area contributed by atoms with Gasteiger partial charge in [-0.15, -0.1) is 0 Å². The molecule has 2 aliphatic rings. The maximum Gasteiger partial charge on any atom is 0.421 e. The molecule has 0 aromatic carbocycles. The zero-order valence-corrected chi connectivity index (χ0v) is 20.6. The van der Waals surface area contributed by atoms with Crippen molar-refractivity contribution in [2.75, 3.05) is 45.7 Å². The number of carbonyl (C=O) groups is 1. The van der Waals surface area contributed by atoms with E-state index in [1.54, 1.807) is 12.1 Å². The van der Waals surface area contributed by atoms with Crippen LogP contribution < -0.4 is 10.1 Å². The van der Waals surface area contributed by atoms with Gasteiger partial charge in [0.15, 0.2) is 5.82 Å². The number of aromatic nitrogens is 4. The number of amides is 1. The molecule has 0 bridgehead atoms. The minimum atomic E-state index is -4.62. The molecular weight excluding hydrogens is 487 g/mol. The Morgan fingerprint density at radius 1 is 1.11 bits per heavy atom. The second-order valence-electron chi connectivity index (χ2n) is 9.56. The maximum atomic E-state index is 13.5. The highest BCUT2D eigenvalue weighted by molar-refractivity contribution is 5.87. The van der Waals surface area contributed by atoms with Crippen molar-refractivity contribution in [2.24, 2.45) is 5.92 Å². The van der Waals surface area contributed by atoms with Crippen LogP contribution in [0.4, 0.5) is 19.0 Å². The fourth-order valence-electron chi connectivity index (χ4n) is 4.95. The molecule has 37 heavy (non-hydrogen) atoms. The third-order valence-corrected chi connectivity index (χ3v) is 7.04. The molecule has 12 heteroatoms. The molecule has 1 atom stereocenters. The molecule has 0 aliphatic carbocycles. The summed E-state index contributed by atoms with van der Waals surface area (Å²) in [6.45, 7) is 3.10. The predicted molar refractivity (Wildman–Crippen MR) is 131 cm³/mol. The Hall–Kier alpha value is -3.54. The Morgan fingerprint density at radius 2 is 1.89 bits per heavy atom. The molecule has 3 aromatic rings. The molecule has 1 N–H and O–H groups in total. The van der Waals surface area contributed by atoms with E-state index in [2.05, 4.69) is 37.2 Å². The number of pyridine rings is 2. The van der Waals surface area contributed by atoms with Crippen LogP contribution in [-0.4, -0.2) is 82.0 Å². The smallest absolute Gasteiger partial charge is 0.421 e. The Bertz CT molecular complexity index is 1300.